The lowest BCUT2D eigenvalue weighted by Crippen LogP contribution is -1.98. The number of benzene rings is 2. The number of nitrogen functional groups attached to an aromatic ring is 1. The Labute approximate surface area is 166 Å². The first kappa shape index (κ1) is 17.9. The van der Waals surface area contributed by atoms with Gasteiger partial charge in [-0.15, -0.1) is 0 Å². The molecule has 4 aromatic rings. The van der Waals surface area contributed by atoms with Gasteiger partial charge in [0.2, 0.25) is 0 Å². The zero-order valence-electron chi connectivity index (χ0n) is 15.2. The molecule has 0 bridgehead atoms. The molecule has 28 heavy (non-hydrogen) atoms. The van der Waals surface area contributed by atoms with Crippen LogP contribution in [0.2, 0.25) is 5.02 Å². The number of methoxy groups -OCH3 is 2. The molecule has 0 amide bonds. The van der Waals surface area contributed by atoms with Gasteiger partial charge in [0.25, 0.3) is 0 Å². The van der Waals surface area contributed by atoms with Crippen LogP contribution >= 0.6 is 11.6 Å². The predicted molar refractivity (Wildman–Crippen MR) is 108 cm³/mol. The van der Waals surface area contributed by atoms with Crippen LogP contribution in [0.15, 0.2) is 48.7 Å². The Morgan fingerprint density at radius 2 is 1.71 bits per heavy atom. The molecule has 0 atom stereocenters. The van der Waals surface area contributed by atoms with Gasteiger partial charge in [-0.1, -0.05) is 29.8 Å². The number of halogens is 1. The van der Waals surface area contributed by atoms with Gasteiger partial charge in [0.15, 0.2) is 11.5 Å². The van der Waals surface area contributed by atoms with Crippen molar-refractivity contribution < 1.29 is 14.2 Å². The number of fused-ring (bicyclic) bond motifs is 1. The van der Waals surface area contributed by atoms with Crippen molar-refractivity contribution >= 4 is 28.3 Å². The van der Waals surface area contributed by atoms with E-state index in [1.165, 1.54) is 0 Å². The number of nitrogens with one attached hydrogen (secondary N) is 1. The van der Waals surface area contributed by atoms with E-state index < -0.39 is 0 Å². The Balaban J connectivity index is 1.92. The second kappa shape index (κ2) is 7.28. The topological polar surface area (TPSA) is 95.3 Å². The second-order valence-electron chi connectivity index (χ2n) is 5.92. The zero-order chi connectivity index (χ0) is 19.7. The first-order valence-corrected chi connectivity index (χ1v) is 8.78. The Kier molecular flexibility index (Phi) is 4.67. The summed E-state index contributed by atoms with van der Waals surface area (Å²) in [5.74, 6) is 1.66. The van der Waals surface area contributed by atoms with E-state index in [1.54, 1.807) is 32.5 Å². The van der Waals surface area contributed by atoms with Crippen LogP contribution in [0.25, 0.3) is 22.3 Å². The minimum atomic E-state index is 0.168. The van der Waals surface area contributed by atoms with E-state index >= 15 is 0 Å². The van der Waals surface area contributed by atoms with Gasteiger partial charge in [0, 0.05) is 17.8 Å². The van der Waals surface area contributed by atoms with Crippen molar-refractivity contribution in [2.24, 2.45) is 0 Å². The lowest BCUT2D eigenvalue weighted by atomic mass is 10.1. The van der Waals surface area contributed by atoms with Crippen LogP contribution in [0.5, 0.6) is 23.3 Å². The molecule has 0 saturated carbocycles. The van der Waals surface area contributed by atoms with Crippen LogP contribution in [0.4, 0.5) is 5.69 Å². The van der Waals surface area contributed by atoms with Gasteiger partial charge >= 0.3 is 6.01 Å². The highest BCUT2D eigenvalue weighted by molar-refractivity contribution is 6.34. The van der Waals surface area contributed by atoms with Crippen LogP contribution < -0.4 is 19.9 Å². The third kappa shape index (κ3) is 3.16. The molecule has 0 aliphatic carbocycles. The molecular weight excluding hydrogens is 380 g/mol. The Morgan fingerprint density at radius 3 is 2.43 bits per heavy atom. The third-order valence-corrected chi connectivity index (χ3v) is 4.53. The number of hydrogen-bond acceptors (Lipinski definition) is 6. The quantitative estimate of drug-likeness (QED) is 0.509. The van der Waals surface area contributed by atoms with Gasteiger partial charge in [-0.25, -0.2) is 0 Å². The zero-order valence-corrected chi connectivity index (χ0v) is 15.9. The van der Waals surface area contributed by atoms with Gasteiger partial charge in [0.05, 0.1) is 36.0 Å². The average molecular weight is 397 g/mol. The van der Waals surface area contributed by atoms with E-state index in [1.807, 2.05) is 30.3 Å². The van der Waals surface area contributed by atoms with Gasteiger partial charge in [-0.2, -0.15) is 9.97 Å². The van der Waals surface area contributed by atoms with Crippen LogP contribution in [-0.4, -0.2) is 29.2 Å². The standard InChI is InChI=1S/C20H17ClN4O3/c1-26-15-8-12(13(21)9-16(15)27-2)18-17-14(22)10-23-19(17)25-20(24-18)28-11-6-4-3-5-7-11/h3-10H,22H2,1-2H3,(H,23,24,25). The molecule has 2 heterocycles. The summed E-state index contributed by atoms with van der Waals surface area (Å²) in [4.78, 5) is 12.0. The fourth-order valence-electron chi connectivity index (χ4n) is 2.91. The molecule has 2 aromatic carbocycles. The summed E-state index contributed by atoms with van der Waals surface area (Å²) >= 11 is 6.52. The van der Waals surface area contributed by atoms with E-state index in [0.717, 1.165) is 0 Å². The number of aromatic amines is 1. The smallest absolute Gasteiger partial charge is 0.324 e. The molecule has 2 aromatic heterocycles. The van der Waals surface area contributed by atoms with E-state index in [2.05, 4.69) is 15.0 Å². The van der Waals surface area contributed by atoms with Crippen molar-refractivity contribution in [2.75, 3.05) is 20.0 Å². The van der Waals surface area contributed by atoms with E-state index in [-0.39, 0.29) is 6.01 Å². The Morgan fingerprint density at radius 1 is 1.00 bits per heavy atom. The first-order valence-electron chi connectivity index (χ1n) is 8.40. The number of nitrogens with zero attached hydrogens (tertiary/aromatic N) is 2. The summed E-state index contributed by atoms with van der Waals surface area (Å²) in [5.41, 5.74) is 8.34. The minimum absolute atomic E-state index is 0.168. The van der Waals surface area contributed by atoms with Crippen molar-refractivity contribution in [1.82, 2.24) is 15.0 Å². The Hall–Kier alpha value is -3.45. The molecule has 0 unspecified atom stereocenters. The highest BCUT2D eigenvalue weighted by Gasteiger charge is 2.20. The predicted octanol–water partition coefficient (Wildman–Crippen LogP) is 4.67. The fraction of sp³-hybridized carbons (Fsp3) is 0.100. The number of aromatic nitrogens is 3. The summed E-state index contributed by atoms with van der Waals surface area (Å²) in [6, 6.07) is 12.9. The minimum Gasteiger partial charge on any atom is -0.493 e. The number of ether oxygens (including phenoxy) is 3. The maximum atomic E-state index is 6.52. The van der Waals surface area contributed by atoms with Crippen molar-refractivity contribution in [2.45, 2.75) is 0 Å². The summed E-state index contributed by atoms with van der Waals surface area (Å²) in [5, 5.41) is 1.08. The molecule has 4 rings (SSSR count). The molecule has 0 saturated heterocycles. The van der Waals surface area contributed by atoms with Gasteiger partial charge < -0.3 is 24.9 Å². The molecule has 0 aliphatic heterocycles. The van der Waals surface area contributed by atoms with E-state index in [4.69, 9.17) is 31.5 Å². The summed E-state index contributed by atoms with van der Waals surface area (Å²) in [6.07, 6.45) is 1.66. The molecule has 0 radical (unpaired) electrons. The van der Waals surface area contributed by atoms with Crippen LogP contribution in [0.3, 0.4) is 0 Å². The van der Waals surface area contributed by atoms with Gasteiger partial charge in [-0.05, 0) is 18.2 Å². The maximum Gasteiger partial charge on any atom is 0.324 e. The van der Waals surface area contributed by atoms with Crippen LogP contribution in [0.1, 0.15) is 0 Å². The SMILES string of the molecule is COc1cc(Cl)c(-c2nc(Oc3ccccc3)nc3[nH]cc(N)c23)cc1OC. The average Bonchev–Trinajstić information content (AvgIpc) is 3.09. The lowest BCUT2D eigenvalue weighted by Gasteiger charge is -2.13. The molecule has 7 nitrogen and oxygen atoms in total. The number of hydrogen-bond donors (Lipinski definition) is 2. The largest absolute Gasteiger partial charge is 0.493 e. The van der Waals surface area contributed by atoms with E-state index in [0.29, 0.717) is 50.2 Å². The molecule has 3 N–H and O–H groups in total. The number of rotatable bonds is 5. The lowest BCUT2D eigenvalue weighted by molar-refractivity contribution is 0.355. The molecule has 142 valence electrons. The van der Waals surface area contributed by atoms with Crippen LogP contribution in [0, 0.1) is 0 Å². The second-order valence-corrected chi connectivity index (χ2v) is 6.33. The number of para-hydroxylation sites is 1. The van der Waals surface area contributed by atoms with Crippen molar-refractivity contribution in [1.29, 1.82) is 0 Å². The molecule has 0 spiro atoms. The Bertz CT molecular complexity index is 1150. The molecule has 8 heteroatoms. The highest BCUT2D eigenvalue weighted by Crippen LogP contribution is 2.41. The van der Waals surface area contributed by atoms with Gasteiger partial charge in [-0.3, -0.25) is 0 Å². The van der Waals surface area contributed by atoms with Crippen molar-refractivity contribution in [3.05, 3.63) is 53.7 Å². The number of anilines is 1. The molecule has 0 aliphatic rings. The summed E-state index contributed by atoms with van der Waals surface area (Å²) in [7, 11) is 3.10. The fourth-order valence-corrected chi connectivity index (χ4v) is 3.15. The van der Waals surface area contributed by atoms with Crippen molar-refractivity contribution in [3.63, 3.8) is 0 Å². The number of nitrogens with two attached hydrogens (primary N) is 1. The monoisotopic (exact) mass is 396 g/mol. The molecular formula is C20H17ClN4O3. The number of H-pyrrole nitrogens is 1. The normalized spacial score (nSPS) is 10.8. The third-order valence-electron chi connectivity index (χ3n) is 4.22. The maximum absolute atomic E-state index is 6.52. The van der Waals surface area contributed by atoms with Crippen molar-refractivity contribution in [3.8, 4) is 34.5 Å². The van der Waals surface area contributed by atoms with Crippen LogP contribution in [-0.2, 0) is 0 Å². The first-order chi connectivity index (χ1) is 13.6. The van der Waals surface area contributed by atoms with Gasteiger partial charge in [0.1, 0.15) is 11.4 Å². The summed E-state index contributed by atoms with van der Waals surface area (Å²) < 4.78 is 16.5. The molecule has 0 fully saturated rings. The highest BCUT2D eigenvalue weighted by atomic mass is 35.5. The summed E-state index contributed by atoms with van der Waals surface area (Å²) in [6.45, 7) is 0. The van der Waals surface area contributed by atoms with E-state index in [9.17, 15) is 0 Å².